The van der Waals surface area contributed by atoms with Gasteiger partial charge in [0.05, 0.1) is 11.3 Å². The Morgan fingerprint density at radius 2 is 1.80 bits per heavy atom. The zero-order valence-electron chi connectivity index (χ0n) is 11.4. The zero-order chi connectivity index (χ0) is 14.9. The fourth-order valence-electron chi connectivity index (χ4n) is 1.94. The second-order valence-electron chi connectivity index (χ2n) is 4.46. The van der Waals surface area contributed by atoms with E-state index < -0.39 is 11.7 Å². The van der Waals surface area contributed by atoms with Crippen LogP contribution in [0.5, 0.6) is 0 Å². The molecule has 1 amide bonds. The second-order valence-corrected chi connectivity index (χ2v) is 4.90. The topological polar surface area (TPSA) is 64.0 Å². The van der Waals surface area contributed by atoms with Crippen molar-refractivity contribution in [1.29, 1.82) is 0 Å². The largest absolute Gasteiger partial charge is 0.319 e. The Hall–Kier alpha value is -2.14. The standard InChI is InChI=1S/C14H14ClN3O2/c1-8-12(9(2)18(3)17-8)13(19)14(20)16-11-6-4-10(15)5-7-11/h4-7H,1-3H3,(H,16,20). The summed E-state index contributed by atoms with van der Waals surface area (Å²) in [7, 11) is 1.73. The van der Waals surface area contributed by atoms with Crippen LogP contribution in [0.1, 0.15) is 21.7 Å². The molecule has 0 atom stereocenters. The summed E-state index contributed by atoms with van der Waals surface area (Å²) in [5.74, 6) is -1.28. The number of carbonyl (C=O) groups is 2. The summed E-state index contributed by atoms with van der Waals surface area (Å²) in [6.07, 6.45) is 0. The number of nitrogens with one attached hydrogen (secondary N) is 1. The van der Waals surface area contributed by atoms with Crippen molar-refractivity contribution in [2.45, 2.75) is 13.8 Å². The molecule has 1 heterocycles. The molecule has 6 heteroatoms. The molecule has 0 aliphatic carbocycles. The number of anilines is 1. The van der Waals surface area contributed by atoms with Crippen molar-refractivity contribution in [3.05, 3.63) is 46.2 Å². The highest BCUT2D eigenvalue weighted by Crippen LogP contribution is 2.16. The van der Waals surface area contributed by atoms with Crippen LogP contribution < -0.4 is 5.32 Å². The van der Waals surface area contributed by atoms with E-state index in [0.29, 0.717) is 27.7 Å². The van der Waals surface area contributed by atoms with Crippen LogP contribution in [0.2, 0.25) is 5.02 Å². The molecule has 1 aromatic carbocycles. The van der Waals surface area contributed by atoms with Gasteiger partial charge in [0.25, 0.3) is 11.7 Å². The van der Waals surface area contributed by atoms with Crippen LogP contribution in [0.25, 0.3) is 0 Å². The maximum atomic E-state index is 12.2. The van der Waals surface area contributed by atoms with Gasteiger partial charge in [-0.05, 0) is 38.1 Å². The van der Waals surface area contributed by atoms with Crippen LogP contribution in [-0.4, -0.2) is 21.5 Å². The van der Waals surface area contributed by atoms with Crippen molar-refractivity contribution in [3.8, 4) is 0 Å². The number of benzene rings is 1. The van der Waals surface area contributed by atoms with Gasteiger partial charge in [-0.15, -0.1) is 0 Å². The maximum absolute atomic E-state index is 12.2. The van der Waals surface area contributed by atoms with Gasteiger partial charge in [-0.25, -0.2) is 0 Å². The highest BCUT2D eigenvalue weighted by Gasteiger charge is 2.23. The molecule has 0 fully saturated rings. The summed E-state index contributed by atoms with van der Waals surface area (Å²) in [5.41, 5.74) is 2.07. The lowest BCUT2D eigenvalue weighted by Crippen LogP contribution is -2.23. The second kappa shape index (κ2) is 5.46. The van der Waals surface area contributed by atoms with E-state index in [1.54, 1.807) is 49.8 Å². The molecule has 1 aromatic heterocycles. The van der Waals surface area contributed by atoms with E-state index in [9.17, 15) is 9.59 Å². The minimum Gasteiger partial charge on any atom is -0.319 e. The summed E-state index contributed by atoms with van der Waals surface area (Å²) in [6, 6.07) is 6.55. The number of halogens is 1. The smallest absolute Gasteiger partial charge is 0.296 e. The Morgan fingerprint density at radius 1 is 1.20 bits per heavy atom. The summed E-state index contributed by atoms with van der Waals surface area (Å²) < 4.78 is 1.58. The Labute approximate surface area is 121 Å². The van der Waals surface area contributed by atoms with Gasteiger partial charge in [-0.1, -0.05) is 11.6 Å². The lowest BCUT2D eigenvalue weighted by molar-refractivity contribution is -0.112. The number of aryl methyl sites for hydroxylation is 2. The first-order chi connectivity index (χ1) is 9.40. The number of rotatable bonds is 3. The predicted molar refractivity (Wildman–Crippen MR) is 77.1 cm³/mol. The lowest BCUT2D eigenvalue weighted by atomic mass is 10.1. The molecular formula is C14H14ClN3O2. The molecule has 1 N–H and O–H groups in total. The lowest BCUT2D eigenvalue weighted by Gasteiger charge is -2.05. The average molecular weight is 292 g/mol. The van der Waals surface area contributed by atoms with Crippen molar-refractivity contribution >= 4 is 29.0 Å². The quantitative estimate of drug-likeness (QED) is 0.698. The van der Waals surface area contributed by atoms with E-state index in [1.807, 2.05) is 0 Å². The van der Waals surface area contributed by atoms with Crippen molar-refractivity contribution in [1.82, 2.24) is 9.78 Å². The maximum Gasteiger partial charge on any atom is 0.296 e. The molecule has 0 bridgehead atoms. The third-order valence-electron chi connectivity index (χ3n) is 3.04. The first kappa shape index (κ1) is 14.3. The Balaban J connectivity index is 2.21. The van der Waals surface area contributed by atoms with Crippen LogP contribution >= 0.6 is 11.6 Å². The van der Waals surface area contributed by atoms with E-state index >= 15 is 0 Å². The molecule has 0 aliphatic rings. The number of ketones is 1. The SMILES string of the molecule is Cc1nn(C)c(C)c1C(=O)C(=O)Nc1ccc(Cl)cc1. The van der Waals surface area contributed by atoms with Crippen LogP contribution in [-0.2, 0) is 11.8 Å². The molecule has 0 spiro atoms. The molecular weight excluding hydrogens is 278 g/mol. The number of Topliss-reactive ketones (excluding diaryl/α,β-unsaturated/α-hetero) is 1. The Kier molecular flexibility index (Phi) is 3.90. The number of amides is 1. The van der Waals surface area contributed by atoms with Crippen molar-refractivity contribution < 1.29 is 9.59 Å². The molecule has 2 rings (SSSR count). The number of carbonyl (C=O) groups excluding carboxylic acids is 2. The first-order valence-corrected chi connectivity index (χ1v) is 6.39. The minimum atomic E-state index is -0.688. The molecule has 0 radical (unpaired) electrons. The van der Waals surface area contributed by atoms with Gasteiger partial charge in [0, 0.05) is 23.5 Å². The zero-order valence-corrected chi connectivity index (χ0v) is 12.2. The summed E-state index contributed by atoms with van der Waals surface area (Å²) in [6.45, 7) is 3.46. The Morgan fingerprint density at radius 3 is 2.30 bits per heavy atom. The molecule has 0 saturated heterocycles. The number of nitrogens with zero attached hydrogens (tertiary/aromatic N) is 2. The summed E-state index contributed by atoms with van der Waals surface area (Å²) >= 11 is 5.76. The van der Waals surface area contributed by atoms with Gasteiger partial charge < -0.3 is 5.32 Å². The third-order valence-corrected chi connectivity index (χ3v) is 3.30. The van der Waals surface area contributed by atoms with Crippen molar-refractivity contribution in [3.63, 3.8) is 0 Å². The van der Waals surface area contributed by atoms with Gasteiger partial charge >= 0.3 is 0 Å². The van der Waals surface area contributed by atoms with Crippen LogP contribution in [0.4, 0.5) is 5.69 Å². The average Bonchev–Trinajstić information content (AvgIpc) is 2.65. The molecule has 20 heavy (non-hydrogen) atoms. The molecule has 0 saturated carbocycles. The van der Waals surface area contributed by atoms with Crippen molar-refractivity contribution in [2.24, 2.45) is 7.05 Å². The van der Waals surface area contributed by atoms with Gasteiger partial charge in [0.1, 0.15) is 0 Å². The van der Waals surface area contributed by atoms with Crippen LogP contribution in [0, 0.1) is 13.8 Å². The number of hydrogen-bond acceptors (Lipinski definition) is 3. The van der Waals surface area contributed by atoms with Gasteiger partial charge in [-0.3, -0.25) is 14.3 Å². The Bertz CT molecular complexity index is 674. The van der Waals surface area contributed by atoms with E-state index in [4.69, 9.17) is 11.6 Å². The molecule has 104 valence electrons. The summed E-state index contributed by atoms with van der Waals surface area (Å²) in [5, 5.41) is 7.24. The van der Waals surface area contributed by atoms with E-state index in [0.717, 1.165) is 0 Å². The molecule has 2 aromatic rings. The predicted octanol–water partition coefficient (Wildman–Crippen LogP) is 2.51. The normalized spacial score (nSPS) is 10.4. The van der Waals surface area contributed by atoms with Gasteiger partial charge in [0.15, 0.2) is 0 Å². The highest BCUT2D eigenvalue weighted by atomic mass is 35.5. The van der Waals surface area contributed by atoms with Crippen LogP contribution in [0.3, 0.4) is 0 Å². The summed E-state index contributed by atoms with van der Waals surface area (Å²) in [4.78, 5) is 24.2. The monoisotopic (exact) mass is 291 g/mol. The van der Waals surface area contributed by atoms with Gasteiger partial charge in [-0.2, -0.15) is 5.10 Å². The minimum absolute atomic E-state index is 0.346. The third kappa shape index (κ3) is 2.72. The fraction of sp³-hybridized carbons (Fsp3) is 0.214. The molecule has 0 unspecified atom stereocenters. The number of hydrogen-bond donors (Lipinski definition) is 1. The van der Waals surface area contributed by atoms with Crippen LogP contribution in [0.15, 0.2) is 24.3 Å². The first-order valence-electron chi connectivity index (χ1n) is 6.01. The van der Waals surface area contributed by atoms with E-state index in [2.05, 4.69) is 10.4 Å². The van der Waals surface area contributed by atoms with Crippen molar-refractivity contribution in [2.75, 3.05) is 5.32 Å². The van der Waals surface area contributed by atoms with E-state index in [-0.39, 0.29) is 0 Å². The molecule has 5 nitrogen and oxygen atoms in total. The number of aromatic nitrogens is 2. The van der Waals surface area contributed by atoms with E-state index in [1.165, 1.54) is 0 Å². The molecule has 0 aliphatic heterocycles. The highest BCUT2D eigenvalue weighted by molar-refractivity contribution is 6.47. The van der Waals surface area contributed by atoms with Gasteiger partial charge in [0.2, 0.25) is 0 Å². The fourth-order valence-corrected chi connectivity index (χ4v) is 2.06.